The quantitative estimate of drug-likeness (QED) is 0.781. The fraction of sp³-hybridized carbons (Fsp3) is 0.667. The van der Waals surface area contributed by atoms with Crippen LogP contribution in [0.4, 0.5) is 0 Å². The predicted octanol–water partition coefficient (Wildman–Crippen LogP) is 2.45. The molecule has 0 saturated heterocycles. The van der Waals surface area contributed by atoms with Crippen LogP contribution in [-0.4, -0.2) is 25.7 Å². The number of aliphatic carboxylic acids is 1. The van der Waals surface area contributed by atoms with Crippen molar-refractivity contribution in [2.45, 2.75) is 42.7 Å². The number of thioether (sulfide) groups is 1. The maximum Gasteiger partial charge on any atom is 0.304 e. The summed E-state index contributed by atoms with van der Waals surface area (Å²) >= 11 is 2.87. The molecule has 0 spiro atoms. The van der Waals surface area contributed by atoms with Gasteiger partial charge in [0.1, 0.15) is 5.82 Å². The van der Waals surface area contributed by atoms with Gasteiger partial charge in [-0.1, -0.05) is 25.6 Å². The average Bonchev–Trinajstić information content (AvgIpc) is 2.64. The van der Waals surface area contributed by atoms with Gasteiger partial charge in [0.05, 0.1) is 6.42 Å². The van der Waals surface area contributed by atoms with E-state index in [1.807, 2.05) is 13.8 Å². The summed E-state index contributed by atoms with van der Waals surface area (Å²) in [6, 6.07) is 0. The molecule has 15 heavy (non-hydrogen) atoms. The highest BCUT2D eigenvalue weighted by atomic mass is 32.2. The second-order valence-electron chi connectivity index (χ2n) is 3.08. The summed E-state index contributed by atoms with van der Waals surface area (Å²) in [4.78, 5) is 14.9. The maximum absolute atomic E-state index is 10.6. The zero-order valence-corrected chi connectivity index (χ0v) is 10.4. The fourth-order valence-electron chi connectivity index (χ4n) is 1.04. The van der Waals surface area contributed by atoms with E-state index in [1.54, 1.807) is 0 Å². The van der Waals surface area contributed by atoms with Gasteiger partial charge in [-0.25, -0.2) is 4.98 Å². The van der Waals surface area contributed by atoms with E-state index in [-0.39, 0.29) is 11.7 Å². The molecule has 0 fully saturated rings. The molecule has 0 bridgehead atoms. The highest BCUT2D eigenvalue weighted by Gasteiger charge is 2.15. The fourth-order valence-corrected chi connectivity index (χ4v) is 3.06. The minimum atomic E-state index is -0.755. The Bertz CT molecular complexity index is 328. The lowest BCUT2D eigenvalue weighted by molar-refractivity contribution is -0.136. The van der Waals surface area contributed by atoms with Crippen LogP contribution >= 0.6 is 23.3 Å². The molecule has 6 heteroatoms. The van der Waals surface area contributed by atoms with Crippen molar-refractivity contribution in [2.75, 3.05) is 0 Å². The Balaban J connectivity index is 2.54. The van der Waals surface area contributed by atoms with Gasteiger partial charge >= 0.3 is 5.97 Å². The standard InChI is InChI=1S/C9H14N2O2S2/c1-3-6(5-8(12)13)14-9-10-7(4-2)11-15-9/h6H,3-5H2,1-2H3,(H,12,13). The minimum Gasteiger partial charge on any atom is -0.481 e. The van der Waals surface area contributed by atoms with Crippen LogP contribution in [0.1, 0.15) is 32.5 Å². The lowest BCUT2D eigenvalue weighted by Crippen LogP contribution is -2.08. The Hall–Kier alpha value is -0.620. The molecule has 0 radical (unpaired) electrons. The van der Waals surface area contributed by atoms with Gasteiger partial charge in [0.25, 0.3) is 0 Å². The first-order valence-corrected chi connectivity index (χ1v) is 6.52. The first-order valence-electron chi connectivity index (χ1n) is 4.86. The van der Waals surface area contributed by atoms with Crippen molar-refractivity contribution in [3.05, 3.63) is 5.82 Å². The molecular weight excluding hydrogens is 232 g/mol. The summed E-state index contributed by atoms with van der Waals surface area (Å²) in [5.41, 5.74) is 0. The molecule has 1 atom stereocenters. The highest BCUT2D eigenvalue weighted by molar-refractivity contribution is 8.01. The Labute approximate surface area is 97.3 Å². The lowest BCUT2D eigenvalue weighted by Gasteiger charge is -2.08. The Morgan fingerprint density at radius 1 is 1.60 bits per heavy atom. The smallest absolute Gasteiger partial charge is 0.304 e. The van der Waals surface area contributed by atoms with Gasteiger partial charge in [-0.05, 0) is 18.0 Å². The van der Waals surface area contributed by atoms with E-state index < -0.39 is 5.97 Å². The molecule has 1 rings (SSSR count). The van der Waals surface area contributed by atoms with Gasteiger partial charge in [0, 0.05) is 11.7 Å². The second kappa shape index (κ2) is 6.07. The van der Waals surface area contributed by atoms with Crippen LogP contribution in [0.2, 0.25) is 0 Å². The SMILES string of the molecule is CCc1nsc(SC(CC)CC(=O)O)n1. The Morgan fingerprint density at radius 2 is 2.33 bits per heavy atom. The van der Waals surface area contributed by atoms with E-state index in [1.165, 1.54) is 23.3 Å². The van der Waals surface area contributed by atoms with E-state index in [2.05, 4.69) is 9.36 Å². The molecular formula is C9H14N2O2S2. The second-order valence-corrected chi connectivity index (χ2v) is 5.38. The zero-order valence-electron chi connectivity index (χ0n) is 8.77. The predicted molar refractivity (Wildman–Crippen MR) is 61.5 cm³/mol. The summed E-state index contributed by atoms with van der Waals surface area (Å²) in [7, 11) is 0. The number of carboxylic acid groups (broad SMARTS) is 1. The van der Waals surface area contributed by atoms with Gasteiger partial charge in [0.2, 0.25) is 0 Å². The Morgan fingerprint density at radius 3 is 2.80 bits per heavy atom. The van der Waals surface area contributed by atoms with Crippen molar-refractivity contribution in [3.63, 3.8) is 0 Å². The van der Waals surface area contributed by atoms with Crippen molar-refractivity contribution in [3.8, 4) is 0 Å². The van der Waals surface area contributed by atoms with Crippen LogP contribution < -0.4 is 0 Å². The van der Waals surface area contributed by atoms with Gasteiger partial charge in [-0.3, -0.25) is 4.79 Å². The van der Waals surface area contributed by atoms with Crippen molar-refractivity contribution >= 4 is 29.3 Å². The summed E-state index contributed by atoms with van der Waals surface area (Å²) in [5, 5.41) is 8.80. The molecule has 1 N–H and O–H groups in total. The normalized spacial score (nSPS) is 12.7. The van der Waals surface area contributed by atoms with Gasteiger partial charge in [-0.2, -0.15) is 4.37 Å². The highest BCUT2D eigenvalue weighted by Crippen LogP contribution is 2.28. The molecule has 0 aromatic carbocycles. The number of aromatic nitrogens is 2. The summed E-state index contributed by atoms with van der Waals surface area (Å²) in [6.07, 6.45) is 1.84. The maximum atomic E-state index is 10.6. The number of nitrogens with zero attached hydrogens (tertiary/aromatic N) is 2. The van der Waals surface area contributed by atoms with Gasteiger partial charge in [0.15, 0.2) is 4.34 Å². The van der Waals surface area contributed by atoms with E-state index in [0.29, 0.717) is 0 Å². The van der Waals surface area contributed by atoms with E-state index in [4.69, 9.17) is 5.11 Å². The van der Waals surface area contributed by atoms with Crippen LogP contribution in [0, 0.1) is 0 Å². The third-order valence-corrected chi connectivity index (χ3v) is 4.08. The minimum absolute atomic E-state index is 0.0974. The van der Waals surface area contributed by atoms with Crippen LogP contribution in [0.25, 0.3) is 0 Å². The molecule has 1 heterocycles. The first-order chi connectivity index (χ1) is 7.15. The van der Waals surface area contributed by atoms with E-state index in [9.17, 15) is 4.79 Å². The topological polar surface area (TPSA) is 63.1 Å². The molecule has 0 saturated carbocycles. The van der Waals surface area contributed by atoms with Gasteiger partial charge in [-0.15, -0.1) is 0 Å². The molecule has 4 nitrogen and oxygen atoms in total. The number of aryl methyl sites for hydroxylation is 1. The molecule has 0 aliphatic rings. The largest absolute Gasteiger partial charge is 0.481 e. The van der Waals surface area contributed by atoms with Crippen LogP contribution in [0.3, 0.4) is 0 Å². The summed E-state index contributed by atoms with van der Waals surface area (Å²) in [5.74, 6) is 0.0854. The number of hydrogen-bond acceptors (Lipinski definition) is 5. The average molecular weight is 246 g/mol. The molecule has 0 amide bonds. The summed E-state index contributed by atoms with van der Waals surface area (Å²) in [6.45, 7) is 3.99. The first kappa shape index (κ1) is 12.4. The molecule has 0 aliphatic carbocycles. The molecule has 1 unspecified atom stereocenters. The summed E-state index contributed by atoms with van der Waals surface area (Å²) < 4.78 is 5.04. The number of carboxylic acids is 1. The van der Waals surface area contributed by atoms with Crippen molar-refractivity contribution < 1.29 is 9.90 Å². The van der Waals surface area contributed by atoms with Crippen LogP contribution in [-0.2, 0) is 11.2 Å². The van der Waals surface area contributed by atoms with Crippen molar-refractivity contribution in [1.82, 2.24) is 9.36 Å². The number of rotatable bonds is 6. The molecule has 1 aromatic heterocycles. The lowest BCUT2D eigenvalue weighted by atomic mass is 10.2. The monoisotopic (exact) mass is 246 g/mol. The van der Waals surface area contributed by atoms with Gasteiger partial charge < -0.3 is 5.11 Å². The van der Waals surface area contributed by atoms with Crippen LogP contribution in [0.15, 0.2) is 4.34 Å². The van der Waals surface area contributed by atoms with Crippen molar-refractivity contribution in [2.24, 2.45) is 0 Å². The van der Waals surface area contributed by atoms with E-state index in [0.717, 1.165) is 23.0 Å². The number of hydrogen-bond donors (Lipinski definition) is 1. The molecule has 0 aliphatic heterocycles. The third kappa shape index (κ3) is 4.17. The molecule has 1 aromatic rings. The Kier molecular flexibility index (Phi) is 5.04. The van der Waals surface area contributed by atoms with Crippen LogP contribution in [0.5, 0.6) is 0 Å². The van der Waals surface area contributed by atoms with E-state index >= 15 is 0 Å². The molecule has 84 valence electrons. The third-order valence-electron chi connectivity index (χ3n) is 1.89. The number of carbonyl (C=O) groups is 1. The zero-order chi connectivity index (χ0) is 11.3. The van der Waals surface area contributed by atoms with Crippen molar-refractivity contribution in [1.29, 1.82) is 0 Å².